The summed E-state index contributed by atoms with van der Waals surface area (Å²) >= 11 is 0. The Morgan fingerprint density at radius 2 is 2.16 bits per heavy atom. The van der Waals surface area contributed by atoms with Gasteiger partial charge < -0.3 is 19.9 Å². The smallest absolute Gasteiger partial charge is 0.0897 e. The minimum atomic E-state index is -0.497. The second-order valence-electron chi connectivity index (χ2n) is 4.36. The van der Waals surface area contributed by atoms with E-state index in [1.54, 1.807) is 6.20 Å². The van der Waals surface area contributed by atoms with Gasteiger partial charge in [-0.1, -0.05) is 0 Å². The zero-order valence-corrected chi connectivity index (χ0v) is 11.8. The van der Waals surface area contributed by atoms with Crippen LogP contribution in [0, 0.1) is 6.92 Å². The number of nitrogens with zero attached hydrogens (tertiary/aromatic N) is 1. The van der Waals surface area contributed by atoms with Crippen LogP contribution in [0.15, 0.2) is 18.5 Å². The number of aliphatic hydroxyl groups is 1. The molecule has 2 N–H and O–H groups in total. The standard InChI is InChI=1S/C14H24N2O3/c1-3-18-6-7-19-11-14(17)10-16-9-13-4-5-15-8-12(13)2/h4-5,8,14,16-17H,3,6-7,9-11H2,1-2H3. The Morgan fingerprint density at radius 3 is 2.89 bits per heavy atom. The lowest BCUT2D eigenvalue weighted by Crippen LogP contribution is -2.30. The average molecular weight is 268 g/mol. The summed E-state index contributed by atoms with van der Waals surface area (Å²) in [5.41, 5.74) is 2.34. The second kappa shape index (κ2) is 9.86. The van der Waals surface area contributed by atoms with Gasteiger partial charge in [0.25, 0.3) is 0 Å². The second-order valence-corrected chi connectivity index (χ2v) is 4.36. The summed E-state index contributed by atoms with van der Waals surface area (Å²) in [4.78, 5) is 4.04. The van der Waals surface area contributed by atoms with Gasteiger partial charge in [-0.2, -0.15) is 0 Å². The number of aryl methyl sites for hydroxylation is 1. The summed E-state index contributed by atoms with van der Waals surface area (Å²) in [7, 11) is 0. The Bertz CT molecular complexity index is 347. The number of ether oxygens (including phenoxy) is 2. The van der Waals surface area contributed by atoms with Gasteiger partial charge in [0.1, 0.15) is 0 Å². The summed E-state index contributed by atoms with van der Waals surface area (Å²) in [6.45, 7) is 7.33. The van der Waals surface area contributed by atoms with E-state index in [0.717, 1.165) is 12.1 Å². The molecule has 5 heteroatoms. The monoisotopic (exact) mass is 268 g/mol. The highest BCUT2D eigenvalue weighted by Crippen LogP contribution is 2.03. The lowest BCUT2D eigenvalue weighted by Gasteiger charge is -2.13. The van der Waals surface area contributed by atoms with Crippen molar-refractivity contribution in [3.8, 4) is 0 Å². The van der Waals surface area contributed by atoms with Gasteiger partial charge in [0, 0.05) is 32.1 Å². The predicted octanol–water partition coefficient (Wildman–Crippen LogP) is 0.894. The van der Waals surface area contributed by atoms with E-state index in [-0.39, 0.29) is 0 Å². The molecule has 0 amide bonds. The summed E-state index contributed by atoms with van der Waals surface area (Å²) < 4.78 is 10.4. The van der Waals surface area contributed by atoms with Gasteiger partial charge >= 0.3 is 0 Å². The quantitative estimate of drug-likeness (QED) is 0.617. The van der Waals surface area contributed by atoms with Crippen molar-refractivity contribution in [3.05, 3.63) is 29.6 Å². The van der Waals surface area contributed by atoms with E-state index in [4.69, 9.17) is 9.47 Å². The Labute approximate surface area is 115 Å². The van der Waals surface area contributed by atoms with E-state index in [0.29, 0.717) is 33.0 Å². The molecule has 0 aliphatic heterocycles. The molecule has 0 radical (unpaired) electrons. The number of nitrogens with one attached hydrogen (secondary N) is 1. The molecule has 108 valence electrons. The fourth-order valence-corrected chi connectivity index (χ4v) is 1.61. The van der Waals surface area contributed by atoms with Crippen LogP contribution in [-0.2, 0) is 16.0 Å². The molecule has 1 aromatic heterocycles. The van der Waals surface area contributed by atoms with Crippen LogP contribution in [0.25, 0.3) is 0 Å². The summed E-state index contributed by atoms with van der Waals surface area (Å²) in [6.07, 6.45) is 3.12. The molecule has 0 aromatic carbocycles. The highest BCUT2D eigenvalue weighted by molar-refractivity contribution is 5.21. The maximum Gasteiger partial charge on any atom is 0.0897 e. The maximum absolute atomic E-state index is 9.71. The molecule has 1 atom stereocenters. The van der Waals surface area contributed by atoms with Crippen LogP contribution in [0.5, 0.6) is 0 Å². The van der Waals surface area contributed by atoms with Crippen LogP contribution in [0.2, 0.25) is 0 Å². The van der Waals surface area contributed by atoms with Crippen LogP contribution >= 0.6 is 0 Å². The van der Waals surface area contributed by atoms with Crippen LogP contribution in [0.4, 0.5) is 0 Å². The van der Waals surface area contributed by atoms with E-state index in [2.05, 4.69) is 10.3 Å². The topological polar surface area (TPSA) is 63.6 Å². The molecule has 0 fully saturated rings. The molecule has 5 nitrogen and oxygen atoms in total. The summed E-state index contributed by atoms with van der Waals surface area (Å²) in [6, 6.07) is 1.98. The van der Waals surface area contributed by atoms with Crippen molar-refractivity contribution in [3.63, 3.8) is 0 Å². The number of hydrogen-bond donors (Lipinski definition) is 2. The van der Waals surface area contributed by atoms with E-state index in [1.807, 2.05) is 26.1 Å². The molecule has 1 rings (SSSR count). The van der Waals surface area contributed by atoms with E-state index >= 15 is 0 Å². The highest BCUT2D eigenvalue weighted by atomic mass is 16.5. The fraction of sp³-hybridized carbons (Fsp3) is 0.643. The Morgan fingerprint density at radius 1 is 1.37 bits per heavy atom. The first-order chi connectivity index (χ1) is 9.24. The predicted molar refractivity (Wildman–Crippen MR) is 74.0 cm³/mol. The molecule has 19 heavy (non-hydrogen) atoms. The first-order valence-corrected chi connectivity index (χ1v) is 6.67. The molecule has 0 saturated heterocycles. The summed E-state index contributed by atoms with van der Waals surface area (Å²) in [5, 5.41) is 12.9. The normalized spacial score (nSPS) is 12.6. The van der Waals surface area contributed by atoms with Crippen molar-refractivity contribution in [1.82, 2.24) is 10.3 Å². The van der Waals surface area contributed by atoms with Crippen LogP contribution < -0.4 is 5.32 Å². The number of aromatic nitrogens is 1. The molecule has 0 bridgehead atoms. The van der Waals surface area contributed by atoms with Gasteiger partial charge in [0.05, 0.1) is 25.9 Å². The molecule has 1 heterocycles. The van der Waals surface area contributed by atoms with Crippen LogP contribution in [0.3, 0.4) is 0 Å². The lowest BCUT2D eigenvalue weighted by atomic mass is 10.1. The third-order valence-electron chi connectivity index (χ3n) is 2.72. The zero-order chi connectivity index (χ0) is 13.9. The molecule has 1 aromatic rings. The molecule has 0 aliphatic rings. The molecule has 0 aliphatic carbocycles. The van der Waals surface area contributed by atoms with Crippen molar-refractivity contribution in [1.29, 1.82) is 0 Å². The molecule has 1 unspecified atom stereocenters. The molecule has 0 spiro atoms. The van der Waals surface area contributed by atoms with Crippen molar-refractivity contribution >= 4 is 0 Å². The van der Waals surface area contributed by atoms with Crippen LogP contribution in [0.1, 0.15) is 18.1 Å². The minimum absolute atomic E-state index is 0.329. The largest absolute Gasteiger partial charge is 0.389 e. The molecule has 0 saturated carbocycles. The van der Waals surface area contributed by atoms with Gasteiger partial charge in [-0.05, 0) is 31.0 Å². The van der Waals surface area contributed by atoms with Gasteiger partial charge in [-0.3, -0.25) is 4.98 Å². The van der Waals surface area contributed by atoms with E-state index in [9.17, 15) is 5.11 Å². The summed E-state index contributed by atoms with van der Waals surface area (Å²) in [5.74, 6) is 0. The Kier molecular flexibility index (Phi) is 8.33. The number of aliphatic hydroxyl groups excluding tert-OH is 1. The van der Waals surface area contributed by atoms with Crippen molar-refractivity contribution in [2.24, 2.45) is 0 Å². The molecular weight excluding hydrogens is 244 g/mol. The van der Waals surface area contributed by atoms with Crippen molar-refractivity contribution in [2.75, 3.05) is 33.0 Å². The fourth-order valence-electron chi connectivity index (χ4n) is 1.61. The molecular formula is C14H24N2O3. The third kappa shape index (κ3) is 7.22. The number of rotatable bonds is 10. The van der Waals surface area contributed by atoms with E-state index < -0.39 is 6.10 Å². The minimum Gasteiger partial charge on any atom is -0.389 e. The lowest BCUT2D eigenvalue weighted by molar-refractivity contribution is 0.00642. The Balaban J connectivity index is 2.07. The first-order valence-electron chi connectivity index (χ1n) is 6.67. The highest BCUT2D eigenvalue weighted by Gasteiger charge is 2.04. The van der Waals surface area contributed by atoms with Gasteiger partial charge in [0.2, 0.25) is 0 Å². The zero-order valence-electron chi connectivity index (χ0n) is 11.8. The Hall–Kier alpha value is -1.01. The van der Waals surface area contributed by atoms with Gasteiger partial charge in [-0.25, -0.2) is 0 Å². The number of hydrogen-bond acceptors (Lipinski definition) is 5. The van der Waals surface area contributed by atoms with Crippen molar-refractivity contribution < 1.29 is 14.6 Å². The SMILES string of the molecule is CCOCCOCC(O)CNCc1ccncc1C. The maximum atomic E-state index is 9.71. The average Bonchev–Trinajstić information content (AvgIpc) is 2.41. The van der Waals surface area contributed by atoms with Gasteiger partial charge in [0.15, 0.2) is 0 Å². The van der Waals surface area contributed by atoms with Crippen LogP contribution in [-0.4, -0.2) is 49.2 Å². The van der Waals surface area contributed by atoms with Crippen molar-refractivity contribution in [2.45, 2.75) is 26.5 Å². The van der Waals surface area contributed by atoms with Gasteiger partial charge in [-0.15, -0.1) is 0 Å². The third-order valence-corrected chi connectivity index (χ3v) is 2.72. The number of pyridine rings is 1. The first kappa shape index (κ1) is 16.0. The van der Waals surface area contributed by atoms with E-state index in [1.165, 1.54) is 5.56 Å².